The molecule has 4 atom stereocenters. The quantitative estimate of drug-likeness (QED) is 0.0151. The second-order valence-electron chi connectivity index (χ2n) is 16.1. The van der Waals surface area contributed by atoms with Gasteiger partial charge in [-0.2, -0.15) is 0 Å². The highest BCUT2D eigenvalue weighted by atomic mass is 31.2. The van der Waals surface area contributed by atoms with Crippen LogP contribution in [0.1, 0.15) is 181 Å². The maximum atomic E-state index is 12.6. The maximum Gasteiger partial charge on any atom is 0.472 e. The van der Waals surface area contributed by atoms with Gasteiger partial charge in [0, 0.05) is 12.8 Å². The maximum absolute atomic E-state index is 12.6. The average Bonchev–Trinajstić information content (AvgIpc) is 3.22. The van der Waals surface area contributed by atoms with Gasteiger partial charge in [-0.05, 0) is 50.9 Å². The average molecular weight is 869 g/mol. The molecule has 0 aliphatic carbocycles. The number of hydrogen-bond acceptors (Lipinski definition) is 10. The van der Waals surface area contributed by atoms with Crippen molar-refractivity contribution in [2.75, 3.05) is 26.4 Å². The number of rotatable bonds is 42. The molecule has 0 amide bonds. The summed E-state index contributed by atoms with van der Waals surface area (Å²) >= 11 is 0. The Morgan fingerprint density at radius 3 is 1.72 bits per heavy atom. The molecule has 0 heterocycles. The van der Waals surface area contributed by atoms with Crippen molar-refractivity contribution in [3.8, 4) is 0 Å². The molecular formula is C48H85O11P. The first kappa shape index (κ1) is 57.6. The molecule has 0 aromatic carbocycles. The zero-order valence-corrected chi connectivity index (χ0v) is 38.6. The fourth-order valence-corrected chi connectivity index (χ4v) is 6.91. The van der Waals surface area contributed by atoms with E-state index in [1.165, 1.54) is 83.5 Å². The smallest absolute Gasteiger partial charge is 0.462 e. The Morgan fingerprint density at radius 2 is 1.13 bits per heavy atom. The van der Waals surface area contributed by atoms with Crippen molar-refractivity contribution in [3.63, 3.8) is 0 Å². The molecule has 0 saturated heterocycles. The van der Waals surface area contributed by atoms with E-state index in [9.17, 15) is 29.3 Å². The molecule has 0 aliphatic rings. The molecule has 0 aromatic rings. The van der Waals surface area contributed by atoms with Crippen molar-refractivity contribution >= 4 is 19.8 Å². The largest absolute Gasteiger partial charge is 0.472 e. The van der Waals surface area contributed by atoms with Crippen LogP contribution in [-0.2, 0) is 32.7 Å². The van der Waals surface area contributed by atoms with Gasteiger partial charge in [0.2, 0.25) is 0 Å². The molecule has 4 N–H and O–H groups in total. The van der Waals surface area contributed by atoms with E-state index in [0.717, 1.165) is 44.4 Å². The van der Waals surface area contributed by atoms with Gasteiger partial charge in [0.1, 0.15) is 12.7 Å². The summed E-state index contributed by atoms with van der Waals surface area (Å²) in [5.41, 5.74) is 0. The van der Waals surface area contributed by atoms with Crippen molar-refractivity contribution < 1.29 is 52.9 Å². The molecule has 348 valence electrons. The molecule has 12 heteroatoms. The van der Waals surface area contributed by atoms with Gasteiger partial charge in [-0.25, -0.2) is 4.57 Å². The summed E-state index contributed by atoms with van der Waals surface area (Å²) < 4.78 is 32.7. The summed E-state index contributed by atoms with van der Waals surface area (Å²) in [5, 5.41) is 28.1. The highest BCUT2D eigenvalue weighted by Gasteiger charge is 2.27. The monoisotopic (exact) mass is 869 g/mol. The predicted octanol–water partition coefficient (Wildman–Crippen LogP) is 11.5. The van der Waals surface area contributed by atoms with Crippen LogP contribution in [0, 0.1) is 5.92 Å². The highest BCUT2D eigenvalue weighted by Crippen LogP contribution is 2.43. The Kier molecular flexibility index (Phi) is 40.3. The Labute approximate surface area is 364 Å². The van der Waals surface area contributed by atoms with Gasteiger partial charge in [0.25, 0.3) is 0 Å². The lowest BCUT2D eigenvalue weighted by Gasteiger charge is -2.20. The van der Waals surface area contributed by atoms with Crippen LogP contribution in [0.25, 0.3) is 0 Å². The highest BCUT2D eigenvalue weighted by molar-refractivity contribution is 7.47. The van der Waals surface area contributed by atoms with Crippen LogP contribution in [0.15, 0.2) is 60.8 Å². The molecule has 0 spiro atoms. The summed E-state index contributed by atoms with van der Waals surface area (Å²) in [6.45, 7) is 4.42. The van der Waals surface area contributed by atoms with Gasteiger partial charge >= 0.3 is 19.8 Å². The Morgan fingerprint density at radius 1 is 0.617 bits per heavy atom. The third-order valence-electron chi connectivity index (χ3n) is 9.69. The molecular weight excluding hydrogens is 783 g/mol. The molecule has 0 aromatic heterocycles. The summed E-state index contributed by atoms with van der Waals surface area (Å²) in [6, 6.07) is 0. The van der Waals surface area contributed by atoms with E-state index in [1.54, 1.807) is 6.08 Å². The standard InChI is InChI=1S/C48H85O11P/c1-4-5-35-44(50)36-31-27-23-19-15-12-13-17-21-25-29-33-38-48(53)59-46(42-58-60(54,55)57-40-45(51)39-49)41-56-47(52)37-32-28-24-20-16-11-9-7-6-8-10-14-18-22-26-30-34-43(2)3/h5,12-13,19,21,23,25,27,31,35,43-46,49-51H,4,6-11,14-18,20,22,24,26,28-30,32-34,36-42H2,1-3H3,(H,54,55)/b13-12-,23-19-,25-21-,31-27+,35-5-/t44?,45-,46+/m0/s1. The summed E-state index contributed by atoms with van der Waals surface area (Å²) in [4.78, 5) is 35.0. The van der Waals surface area contributed by atoms with Gasteiger partial charge in [-0.1, -0.05) is 184 Å². The van der Waals surface area contributed by atoms with Crippen LogP contribution >= 0.6 is 7.82 Å². The molecule has 2 unspecified atom stereocenters. The van der Waals surface area contributed by atoms with Crippen LogP contribution in [0.3, 0.4) is 0 Å². The van der Waals surface area contributed by atoms with E-state index in [-0.39, 0.29) is 19.4 Å². The van der Waals surface area contributed by atoms with Crippen molar-refractivity contribution in [3.05, 3.63) is 60.8 Å². The van der Waals surface area contributed by atoms with Gasteiger partial charge in [0.05, 0.1) is 25.9 Å². The first-order chi connectivity index (χ1) is 29.0. The molecule has 11 nitrogen and oxygen atoms in total. The number of ether oxygens (including phenoxy) is 2. The number of hydrogen-bond donors (Lipinski definition) is 4. The number of phosphoric acid groups is 1. The van der Waals surface area contributed by atoms with Crippen molar-refractivity contribution in [2.45, 2.75) is 200 Å². The fourth-order valence-electron chi connectivity index (χ4n) is 6.12. The minimum Gasteiger partial charge on any atom is -0.462 e. The van der Waals surface area contributed by atoms with Gasteiger partial charge in [-0.3, -0.25) is 18.6 Å². The first-order valence-corrected chi connectivity index (χ1v) is 24.7. The Hall–Kier alpha value is -2.37. The normalized spacial score (nSPS) is 14.9. The number of phosphoric ester groups is 1. The number of allylic oxidation sites excluding steroid dienone is 8. The molecule has 0 aliphatic heterocycles. The Balaban J connectivity index is 4.35. The Bertz CT molecular complexity index is 1210. The molecule has 0 bridgehead atoms. The van der Waals surface area contributed by atoms with Crippen LogP contribution < -0.4 is 0 Å². The topological polar surface area (TPSA) is 169 Å². The predicted molar refractivity (Wildman–Crippen MR) is 243 cm³/mol. The van der Waals surface area contributed by atoms with Gasteiger partial charge in [-0.15, -0.1) is 0 Å². The fraction of sp³-hybridized carbons (Fsp3) is 0.750. The lowest BCUT2D eigenvalue weighted by molar-refractivity contribution is -0.161. The van der Waals surface area contributed by atoms with Crippen molar-refractivity contribution in [1.29, 1.82) is 0 Å². The zero-order valence-electron chi connectivity index (χ0n) is 37.7. The summed E-state index contributed by atoms with van der Waals surface area (Å²) in [5.74, 6) is -0.186. The first-order valence-electron chi connectivity index (χ1n) is 23.2. The SMILES string of the molecule is CC/C=C\C(O)C/C=C/C=C\C/C=C\C/C=C\CCCC(=O)O[C@H](COC(=O)CCCCCCCCCCCCCCCCCCC(C)C)COP(=O)(O)OC[C@@H](O)CO. The minimum absolute atomic E-state index is 0.0870. The minimum atomic E-state index is -4.65. The van der Waals surface area contributed by atoms with Gasteiger partial charge in [0.15, 0.2) is 6.10 Å². The molecule has 60 heavy (non-hydrogen) atoms. The van der Waals surface area contributed by atoms with Gasteiger partial charge < -0.3 is 29.7 Å². The van der Waals surface area contributed by atoms with Crippen LogP contribution in [0.4, 0.5) is 0 Å². The lowest BCUT2D eigenvalue weighted by Crippen LogP contribution is -2.29. The molecule has 0 fully saturated rings. The van der Waals surface area contributed by atoms with E-state index in [4.69, 9.17) is 19.1 Å². The third kappa shape index (κ3) is 42.3. The van der Waals surface area contributed by atoms with Crippen LogP contribution in [-0.4, -0.2) is 76.9 Å². The molecule has 0 saturated carbocycles. The second kappa shape index (κ2) is 42.0. The molecule has 0 rings (SSSR count). The number of aliphatic hydroxyl groups excluding tert-OH is 3. The lowest BCUT2D eigenvalue weighted by atomic mass is 10.0. The number of carbonyl (C=O) groups is 2. The van der Waals surface area contributed by atoms with Crippen LogP contribution in [0.2, 0.25) is 0 Å². The number of aliphatic hydroxyl groups is 3. The third-order valence-corrected chi connectivity index (χ3v) is 10.6. The van der Waals surface area contributed by atoms with E-state index in [2.05, 4.69) is 30.5 Å². The summed E-state index contributed by atoms with van der Waals surface area (Å²) in [6.07, 6.45) is 42.5. The van der Waals surface area contributed by atoms with E-state index in [1.807, 2.05) is 49.5 Å². The number of esters is 2. The van der Waals surface area contributed by atoms with Crippen molar-refractivity contribution in [2.24, 2.45) is 5.92 Å². The zero-order chi connectivity index (χ0) is 44.4. The van der Waals surface area contributed by atoms with Crippen LogP contribution in [0.5, 0.6) is 0 Å². The van der Waals surface area contributed by atoms with E-state index in [0.29, 0.717) is 25.7 Å². The molecule has 0 radical (unpaired) electrons. The summed E-state index contributed by atoms with van der Waals surface area (Å²) in [7, 11) is -4.65. The van der Waals surface area contributed by atoms with E-state index < -0.39 is 57.9 Å². The van der Waals surface area contributed by atoms with E-state index >= 15 is 0 Å². The number of unbranched alkanes of at least 4 members (excludes halogenated alkanes) is 16. The van der Waals surface area contributed by atoms with Crippen molar-refractivity contribution in [1.82, 2.24) is 0 Å². The number of carbonyl (C=O) groups excluding carboxylic acids is 2. The second-order valence-corrected chi connectivity index (χ2v) is 17.5.